The third kappa shape index (κ3) is 3.73. The van der Waals surface area contributed by atoms with E-state index in [-0.39, 0.29) is 11.9 Å². The van der Waals surface area contributed by atoms with Crippen LogP contribution < -0.4 is 0 Å². The number of aryl methyl sites for hydroxylation is 1. The number of ether oxygens (including phenoxy) is 1. The average molecular weight is 453 g/mol. The van der Waals surface area contributed by atoms with Gasteiger partial charge in [0, 0.05) is 23.2 Å². The van der Waals surface area contributed by atoms with Crippen molar-refractivity contribution in [2.75, 3.05) is 6.61 Å². The third-order valence-electron chi connectivity index (χ3n) is 4.78. The molecule has 1 aliphatic rings. The SMILES string of the molecule is Cc1ccnc2nc(C(=O)OCC(=O)N3N=C(c4cccs4)CC3c3cccs3)nn12. The first-order valence-electron chi connectivity index (χ1n) is 9.42. The number of carbonyl (C=O) groups is 2. The van der Waals surface area contributed by atoms with Crippen LogP contribution in [0.2, 0.25) is 0 Å². The fourth-order valence-electron chi connectivity index (χ4n) is 3.29. The summed E-state index contributed by atoms with van der Waals surface area (Å²) in [6.07, 6.45) is 2.19. The molecule has 0 bridgehead atoms. The minimum atomic E-state index is -0.785. The lowest BCUT2D eigenvalue weighted by atomic mass is 10.1. The molecule has 0 N–H and O–H groups in total. The Morgan fingerprint density at radius 1 is 1.19 bits per heavy atom. The Morgan fingerprint density at radius 3 is 2.77 bits per heavy atom. The molecule has 0 aromatic carbocycles. The van der Waals surface area contributed by atoms with E-state index in [1.807, 2.05) is 41.9 Å². The van der Waals surface area contributed by atoms with Gasteiger partial charge in [0.25, 0.3) is 17.5 Å². The number of rotatable bonds is 5. The second-order valence-corrected chi connectivity index (χ2v) is 8.73. The summed E-state index contributed by atoms with van der Waals surface area (Å²) in [6, 6.07) is 9.38. The van der Waals surface area contributed by atoms with E-state index in [0.29, 0.717) is 12.2 Å². The van der Waals surface area contributed by atoms with E-state index < -0.39 is 18.5 Å². The summed E-state index contributed by atoms with van der Waals surface area (Å²) in [6.45, 7) is 1.37. The molecular formula is C20H16N6O3S2. The second-order valence-electron chi connectivity index (χ2n) is 6.81. The van der Waals surface area contributed by atoms with Gasteiger partial charge in [-0.2, -0.15) is 10.1 Å². The van der Waals surface area contributed by atoms with Gasteiger partial charge in [-0.05, 0) is 35.9 Å². The molecular weight excluding hydrogens is 436 g/mol. The number of fused-ring (bicyclic) bond motifs is 1. The molecule has 1 atom stereocenters. The molecule has 1 unspecified atom stereocenters. The molecule has 0 radical (unpaired) electrons. The maximum Gasteiger partial charge on any atom is 0.378 e. The molecule has 31 heavy (non-hydrogen) atoms. The molecule has 5 rings (SSSR count). The second kappa shape index (κ2) is 8.00. The predicted octanol–water partition coefficient (Wildman–Crippen LogP) is 3.09. The van der Waals surface area contributed by atoms with Gasteiger partial charge in [0.15, 0.2) is 6.61 Å². The van der Waals surface area contributed by atoms with Crippen molar-refractivity contribution in [1.29, 1.82) is 0 Å². The van der Waals surface area contributed by atoms with Crippen LogP contribution in [0.3, 0.4) is 0 Å². The van der Waals surface area contributed by atoms with Crippen molar-refractivity contribution in [2.45, 2.75) is 19.4 Å². The summed E-state index contributed by atoms with van der Waals surface area (Å²) < 4.78 is 6.65. The molecule has 1 amide bonds. The number of esters is 1. The Labute approximate surface area is 184 Å². The number of thiophene rings is 2. The standard InChI is InChI=1S/C20H16N6O3S2/c1-12-6-7-21-20-22-18(24-25(12)20)19(28)29-11-17(27)26-14(16-5-3-9-31-16)10-13(23-26)15-4-2-8-30-15/h2-9,14H,10-11H2,1H3. The van der Waals surface area contributed by atoms with Gasteiger partial charge in [0.05, 0.1) is 16.6 Å². The van der Waals surface area contributed by atoms with Crippen LogP contribution in [0.4, 0.5) is 0 Å². The number of hydrogen-bond donors (Lipinski definition) is 0. The molecule has 0 fully saturated rings. The van der Waals surface area contributed by atoms with Gasteiger partial charge in [-0.15, -0.1) is 27.8 Å². The Kier molecular flexibility index (Phi) is 5.04. The highest BCUT2D eigenvalue weighted by Gasteiger charge is 2.34. The molecule has 0 aliphatic carbocycles. The lowest BCUT2D eigenvalue weighted by Crippen LogP contribution is -2.31. The van der Waals surface area contributed by atoms with Gasteiger partial charge in [-0.3, -0.25) is 4.79 Å². The summed E-state index contributed by atoms with van der Waals surface area (Å²) >= 11 is 3.14. The maximum absolute atomic E-state index is 12.9. The third-order valence-corrected chi connectivity index (χ3v) is 6.67. The largest absolute Gasteiger partial charge is 0.450 e. The fourth-order valence-corrected chi connectivity index (χ4v) is 4.82. The summed E-state index contributed by atoms with van der Waals surface area (Å²) in [5.41, 5.74) is 1.62. The van der Waals surface area contributed by atoms with Crippen molar-refractivity contribution in [3.8, 4) is 0 Å². The minimum Gasteiger partial charge on any atom is -0.450 e. The van der Waals surface area contributed by atoms with Crippen LogP contribution in [0.5, 0.6) is 0 Å². The quantitative estimate of drug-likeness (QED) is 0.431. The van der Waals surface area contributed by atoms with Gasteiger partial charge in [0.1, 0.15) is 0 Å². The van der Waals surface area contributed by atoms with E-state index in [1.54, 1.807) is 34.9 Å². The Bertz CT molecular complexity index is 1280. The van der Waals surface area contributed by atoms with E-state index in [1.165, 1.54) is 9.52 Å². The first kappa shape index (κ1) is 19.5. The molecule has 4 aromatic heterocycles. The minimum absolute atomic E-state index is 0.145. The van der Waals surface area contributed by atoms with Crippen LogP contribution in [0, 0.1) is 6.92 Å². The van der Waals surface area contributed by atoms with Crippen LogP contribution in [-0.2, 0) is 9.53 Å². The van der Waals surface area contributed by atoms with Crippen LogP contribution in [0.15, 0.2) is 52.4 Å². The molecule has 0 saturated carbocycles. The highest BCUT2D eigenvalue weighted by molar-refractivity contribution is 7.12. The van der Waals surface area contributed by atoms with E-state index in [2.05, 4.69) is 20.2 Å². The predicted molar refractivity (Wildman–Crippen MR) is 115 cm³/mol. The van der Waals surface area contributed by atoms with Gasteiger partial charge in [-0.1, -0.05) is 12.1 Å². The zero-order chi connectivity index (χ0) is 21.4. The van der Waals surface area contributed by atoms with Crippen LogP contribution in [-0.4, -0.2) is 48.8 Å². The molecule has 156 valence electrons. The zero-order valence-corrected chi connectivity index (χ0v) is 18.0. The smallest absolute Gasteiger partial charge is 0.378 e. The van der Waals surface area contributed by atoms with E-state index in [9.17, 15) is 9.59 Å². The molecule has 5 heterocycles. The van der Waals surface area contributed by atoms with E-state index in [0.717, 1.165) is 21.2 Å². The first-order valence-corrected chi connectivity index (χ1v) is 11.2. The van der Waals surface area contributed by atoms with Gasteiger partial charge in [0.2, 0.25) is 0 Å². The molecule has 1 aliphatic heterocycles. The zero-order valence-electron chi connectivity index (χ0n) is 16.3. The van der Waals surface area contributed by atoms with Crippen molar-refractivity contribution < 1.29 is 14.3 Å². The monoisotopic (exact) mass is 452 g/mol. The molecule has 4 aromatic rings. The number of hydrazone groups is 1. The van der Waals surface area contributed by atoms with Crippen molar-refractivity contribution in [3.05, 3.63) is 68.6 Å². The lowest BCUT2D eigenvalue weighted by molar-refractivity contribution is -0.136. The van der Waals surface area contributed by atoms with E-state index in [4.69, 9.17) is 4.74 Å². The molecule has 9 nitrogen and oxygen atoms in total. The lowest BCUT2D eigenvalue weighted by Gasteiger charge is -2.20. The summed E-state index contributed by atoms with van der Waals surface area (Å²) in [4.78, 5) is 35.5. The van der Waals surface area contributed by atoms with Crippen molar-refractivity contribution in [1.82, 2.24) is 24.6 Å². The normalized spacial score (nSPS) is 16.0. The summed E-state index contributed by atoms with van der Waals surface area (Å²) in [5.74, 6) is -1.04. The van der Waals surface area contributed by atoms with Gasteiger partial charge >= 0.3 is 5.97 Å². The highest BCUT2D eigenvalue weighted by Crippen LogP contribution is 2.35. The molecule has 11 heteroatoms. The Hall–Kier alpha value is -3.44. The van der Waals surface area contributed by atoms with Gasteiger partial charge in [-0.25, -0.2) is 19.3 Å². The average Bonchev–Trinajstić information content (AvgIpc) is 3.55. The maximum atomic E-state index is 12.9. The molecule has 0 spiro atoms. The number of aromatic nitrogens is 4. The van der Waals surface area contributed by atoms with Crippen LogP contribution in [0.25, 0.3) is 5.78 Å². The van der Waals surface area contributed by atoms with Crippen molar-refractivity contribution >= 4 is 46.0 Å². The fraction of sp³-hybridized carbons (Fsp3) is 0.200. The molecule has 0 saturated heterocycles. The van der Waals surface area contributed by atoms with Gasteiger partial charge < -0.3 is 4.74 Å². The number of amides is 1. The topological polar surface area (TPSA) is 102 Å². The van der Waals surface area contributed by atoms with Crippen LogP contribution in [0.1, 0.15) is 38.5 Å². The Morgan fingerprint density at radius 2 is 2.03 bits per heavy atom. The van der Waals surface area contributed by atoms with Crippen LogP contribution >= 0.6 is 22.7 Å². The highest BCUT2D eigenvalue weighted by atomic mass is 32.1. The first-order chi connectivity index (χ1) is 15.1. The number of hydrogen-bond acceptors (Lipinski definition) is 9. The number of carbonyl (C=O) groups excluding carboxylic acids is 2. The number of nitrogens with zero attached hydrogens (tertiary/aromatic N) is 6. The van der Waals surface area contributed by atoms with E-state index >= 15 is 0 Å². The Balaban J connectivity index is 1.32. The summed E-state index contributed by atoms with van der Waals surface area (Å²) in [7, 11) is 0. The van der Waals surface area contributed by atoms with Crippen molar-refractivity contribution in [2.24, 2.45) is 5.10 Å². The van der Waals surface area contributed by atoms with Crippen molar-refractivity contribution in [3.63, 3.8) is 0 Å². The summed E-state index contributed by atoms with van der Waals surface area (Å²) in [5, 5.41) is 14.0.